The number of halogens is 1. The molecule has 0 bridgehead atoms. The molecule has 4 fully saturated rings. The quantitative estimate of drug-likeness (QED) is 0.0256. The molecule has 4 N–H and O–H groups in total. The van der Waals surface area contributed by atoms with Crippen LogP contribution in [0.3, 0.4) is 0 Å². The summed E-state index contributed by atoms with van der Waals surface area (Å²) in [4.78, 5) is 13.3. The molecule has 0 aromatic rings. The molecule has 19 atom stereocenters. The zero-order valence-electron chi connectivity index (χ0n) is 73.4. The molecule has 4 aliphatic heterocycles. The molecule has 4 rings (SSSR count). The Morgan fingerprint density at radius 2 is 0.720 bits per heavy atom. The van der Waals surface area contributed by atoms with E-state index in [2.05, 4.69) is 142 Å². The smallest absolute Gasteiger partial charge is 0.259 e. The highest BCUT2D eigenvalue weighted by Gasteiger charge is 2.48. The van der Waals surface area contributed by atoms with E-state index in [0.717, 1.165) is 6.42 Å². The van der Waals surface area contributed by atoms with Crippen molar-refractivity contribution >= 4 is 34.1 Å². The molecular weight excluding hydrogens is 1380 g/mol. The van der Waals surface area contributed by atoms with E-state index in [1.807, 2.05) is 48.5 Å². The Hall–Kier alpha value is -1.31. The van der Waals surface area contributed by atoms with Gasteiger partial charge in [-0.15, -0.1) is 0 Å². The first-order valence-corrected chi connectivity index (χ1v) is 38.5. The van der Waals surface area contributed by atoms with E-state index in [4.69, 9.17) is 107 Å². The number of hydrogen-bond acceptors (Lipinski definition) is 23. The third-order valence-electron chi connectivity index (χ3n) is 14.3. The second-order valence-corrected chi connectivity index (χ2v) is 30.4. The van der Waals surface area contributed by atoms with Crippen molar-refractivity contribution in [1.29, 1.82) is 5.72 Å². The van der Waals surface area contributed by atoms with Crippen molar-refractivity contribution in [3.63, 3.8) is 0 Å². The molecule has 4 unspecified atom stereocenters. The SMILES string of the molecule is [2H]C[C@H]1O[C@@H](C)C[C@@H]1OP(OCC[N+]#[C-])N(C(C)C)C(C)C.[2H]C[C@H]1O[C@@H](C)[C@H](F)[C@@H]1OP(OCC[N+]#[C-])N(C(C)C)C(C)C.[2H]C[C@H]1O[C@@H](C)[C@H](OC)[C@@H]1OP(OCC[N+]#[C-])N(C(C)C)C(C)C.[2H]C[C@H]1O[C@@H](C)[C@H](OCCOC)[C@@H]1OP(OCC[N+]#[C-])N(C(C)C)C(C)C.[3H]OC.[3H]OC.[3H]OC.[3H]OC. The van der Waals surface area contributed by atoms with Gasteiger partial charge in [-0.2, -0.15) is 0 Å². The van der Waals surface area contributed by atoms with Crippen LogP contribution in [-0.2, 0) is 69.3 Å². The van der Waals surface area contributed by atoms with Crippen molar-refractivity contribution in [3.8, 4) is 0 Å². The zero-order chi connectivity index (χ0) is 83.8. The van der Waals surface area contributed by atoms with E-state index >= 15 is 0 Å². The number of methoxy groups -OCH3 is 2. The Labute approximate surface area is 622 Å². The van der Waals surface area contributed by atoms with Gasteiger partial charge in [0.05, 0.1) is 68.1 Å². The van der Waals surface area contributed by atoms with E-state index in [1.165, 1.54) is 28.4 Å². The number of rotatable bonds is 37. The molecule has 4 aliphatic rings. The molecule has 0 spiro atoms. The minimum absolute atomic E-state index is 0.0516. The molecule has 32 heteroatoms. The molecule has 0 aromatic heterocycles. The third-order valence-corrected chi connectivity index (χ3v) is 22.9. The lowest BCUT2D eigenvalue weighted by Crippen LogP contribution is -2.40. The fourth-order valence-electron chi connectivity index (χ4n) is 10.5. The average Bonchev–Trinajstić information content (AvgIpc) is 1.68. The van der Waals surface area contributed by atoms with Gasteiger partial charge in [0, 0.05) is 103 Å². The zero-order valence-corrected chi connectivity index (χ0v) is 69.0. The van der Waals surface area contributed by atoms with Crippen molar-refractivity contribution in [3.05, 3.63) is 45.7 Å². The highest BCUT2D eigenvalue weighted by atomic mass is 31.2. The summed E-state index contributed by atoms with van der Waals surface area (Å²) in [5.41, 5.74) is 0. The number of nitrogens with zero attached hydrogens (tertiary/aromatic N) is 8. The number of aliphatic hydroxyl groups excluding tert-OH is 4. The van der Waals surface area contributed by atoms with Gasteiger partial charge >= 0.3 is 0 Å². The van der Waals surface area contributed by atoms with Crippen LogP contribution in [0.5, 0.6) is 0 Å². The van der Waals surface area contributed by atoms with Crippen molar-refractivity contribution in [2.45, 2.75) is 312 Å². The fourth-order valence-corrected chi connectivity index (χ4v) is 17.6. The van der Waals surface area contributed by atoms with Gasteiger partial charge in [0.2, 0.25) is 31.9 Å². The number of aliphatic hydroxyl groups is 4. The molecule has 0 saturated carbocycles. The maximum absolute atomic E-state index is 14.4. The Morgan fingerprint density at radius 1 is 0.430 bits per heavy atom. The van der Waals surface area contributed by atoms with Gasteiger partial charge in [0.15, 0.2) is 6.17 Å². The second-order valence-electron chi connectivity index (χ2n) is 24.8. The van der Waals surface area contributed by atoms with Crippen LogP contribution < -0.4 is 0 Å². The lowest BCUT2D eigenvalue weighted by Gasteiger charge is -2.37. The van der Waals surface area contributed by atoms with E-state index in [9.17, 15) is 4.39 Å². The Kier molecular flexibility index (Phi) is 55.1. The van der Waals surface area contributed by atoms with Gasteiger partial charge in [-0.25, -0.2) is 49.4 Å². The highest BCUT2D eigenvalue weighted by Crippen LogP contribution is 2.53. The summed E-state index contributed by atoms with van der Waals surface area (Å²) in [6.45, 7) is 72.3. The monoisotopic (exact) mass is 1530 g/mol. The molecule has 0 aliphatic carbocycles. The summed E-state index contributed by atoms with van der Waals surface area (Å²) in [6, 6.07) is 1.78. The Morgan fingerprint density at radius 3 is 1.02 bits per heavy atom. The Bertz CT molecular complexity index is 2270. The Balaban J connectivity index is -0.000000635. The molecule has 4 saturated heterocycles. The van der Waals surface area contributed by atoms with Gasteiger partial charge in [-0.05, 0) is 166 Å². The van der Waals surface area contributed by atoms with Gasteiger partial charge in [-0.3, -0.25) is 0 Å². The van der Waals surface area contributed by atoms with Crippen molar-refractivity contribution in [2.75, 3.05) is 108 Å². The standard InChI is InChI=1S/C18H35N2O5P.C16H31N2O4P.C15H28FN2O3P.C15H29N2O3P.4CH4O/c1-13(2)20(14(3)4)26(23-10-9-19-7)25-18-16(6)24-15(5)17(18)22-12-11-21-8;1-11(2)18(12(3)4)23(20-10-9-17-7)22-16-14(6)21-13(5)15(16)19-8;1-10(2)18(11(3)4)22(19-9-8-17-7)21-15-13(6)20-12(5)14(15)16;1-11(2)17(12(3)4)21(18-9-8-16-7)20-15-10-13(5)19-14(15)6;4*1-2/h13-18H,9-12H2,1-6,8H3;11-16H,9-10H2,1-6,8H3;10-15H,8-9H2,1-6H3;11-15H,8-10H2,1-6H3;4*2H,1H3/t15-,16+,17-,18+,26?;13-,14+,15-,16+,23?;12-,13+,14-,15+,22?;13-,14+,15-,21?;;;;/m0000..../s1/i4*6D;4*2T. The van der Waals surface area contributed by atoms with Crippen molar-refractivity contribution < 1.29 is 99.7 Å². The number of ether oxygens (including phenoxy) is 7. The minimum Gasteiger partial charge on any atom is -0.400 e. The van der Waals surface area contributed by atoms with Crippen LogP contribution in [-0.4, -0.2) is 293 Å². The summed E-state index contributed by atoms with van der Waals surface area (Å²) >= 11 is 0. The molecule has 100 heavy (non-hydrogen) atoms. The predicted molar refractivity (Wildman–Crippen MR) is 400 cm³/mol. The average molecular weight is 1530 g/mol. The lowest BCUT2D eigenvalue weighted by molar-refractivity contribution is -0.0446. The first-order valence-electron chi connectivity index (χ1n) is 38.5. The van der Waals surface area contributed by atoms with E-state index in [0.29, 0.717) is 52.7 Å². The van der Waals surface area contributed by atoms with Gasteiger partial charge in [-0.1, -0.05) is 0 Å². The van der Waals surface area contributed by atoms with Crippen LogP contribution >= 0.6 is 34.1 Å². The predicted octanol–water partition coefficient (Wildman–Crippen LogP) is 13.1. The summed E-state index contributed by atoms with van der Waals surface area (Å²) in [7, 11) is 2.90. The topological polar surface area (TPSA) is 250 Å². The fraction of sp³-hybridized carbons (Fsp3) is 0.941. The first kappa shape index (κ1) is 89.3. The third kappa shape index (κ3) is 39.5. The molecule has 0 aromatic carbocycles. The van der Waals surface area contributed by atoms with Crippen molar-refractivity contribution in [1.82, 2.24) is 18.7 Å². The minimum atomic E-state index is -1.52. The van der Waals surface area contributed by atoms with Crippen LogP contribution in [0.4, 0.5) is 4.39 Å². The highest BCUT2D eigenvalue weighted by molar-refractivity contribution is 7.45. The summed E-state index contributed by atoms with van der Waals surface area (Å²) in [5.74, 6) is 0. The molecule has 592 valence electrons. The first-order chi connectivity index (χ1) is 51.1. The number of hydrogen-bond donors (Lipinski definition) is 4. The summed E-state index contributed by atoms with van der Waals surface area (Å²) in [6.07, 6.45) is -4.89. The maximum atomic E-state index is 14.4. The summed E-state index contributed by atoms with van der Waals surface area (Å²) < 4.78 is 165. The molecule has 0 amide bonds. The van der Waals surface area contributed by atoms with E-state index in [1.54, 1.807) is 21.1 Å². The van der Waals surface area contributed by atoms with Gasteiger partial charge < -0.3 is 109 Å². The molecular formula is C68H139FN8O19P4. The van der Waals surface area contributed by atoms with Crippen molar-refractivity contribution in [2.24, 2.45) is 0 Å². The van der Waals surface area contributed by atoms with Crippen LogP contribution in [0.15, 0.2) is 0 Å². The molecule has 0 radical (unpaired) electrons. The van der Waals surface area contributed by atoms with Crippen LogP contribution in [0.25, 0.3) is 19.4 Å². The number of alkyl halides is 1. The van der Waals surface area contributed by atoms with Crippen LogP contribution in [0, 0.1) is 26.3 Å². The lowest BCUT2D eigenvalue weighted by atomic mass is 10.1. The van der Waals surface area contributed by atoms with Crippen LogP contribution in [0.1, 0.15) is 178 Å². The second kappa shape index (κ2) is 61.7. The normalized spacial score (nSPS) is 27.6. The summed E-state index contributed by atoms with van der Waals surface area (Å²) in [5, 5.41) is 14.0. The molecule has 4 heterocycles. The van der Waals surface area contributed by atoms with Gasteiger partial charge in [0.1, 0.15) is 56.9 Å². The largest absolute Gasteiger partial charge is 0.400 e. The van der Waals surface area contributed by atoms with Gasteiger partial charge in [0.25, 0.3) is 34.1 Å². The van der Waals surface area contributed by atoms with E-state index in [-0.39, 0.29) is 150 Å². The van der Waals surface area contributed by atoms with E-state index < -0.39 is 64.7 Å². The molecule has 27 nitrogen and oxygen atoms in total. The maximum Gasteiger partial charge on any atom is 0.259 e. The van der Waals surface area contributed by atoms with Crippen LogP contribution in [0.2, 0.25) is 0 Å².